The van der Waals surface area contributed by atoms with Crippen LogP contribution in [0.15, 0.2) is 69.5 Å². The van der Waals surface area contributed by atoms with Crippen LogP contribution in [0.3, 0.4) is 0 Å². The Morgan fingerprint density at radius 1 is 1.06 bits per heavy atom. The average Bonchev–Trinajstić information content (AvgIpc) is 3.35. The number of nitrogens with two attached hydrogens (primary N) is 1. The summed E-state index contributed by atoms with van der Waals surface area (Å²) in [6.45, 7) is 0. The number of sulfonamides is 1. The van der Waals surface area contributed by atoms with E-state index in [1.165, 1.54) is 30.3 Å². The first-order chi connectivity index (χ1) is 15.9. The molecule has 3 aromatic rings. The van der Waals surface area contributed by atoms with Crippen molar-refractivity contribution in [3.8, 4) is 0 Å². The molecule has 2 heterocycles. The van der Waals surface area contributed by atoms with Gasteiger partial charge in [-0.2, -0.15) is 0 Å². The van der Waals surface area contributed by atoms with Gasteiger partial charge in [0, 0.05) is 28.7 Å². The van der Waals surface area contributed by atoms with Crippen LogP contribution >= 0.6 is 11.8 Å². The van der Waals surface area contributed by atoms with Crippen LogP contribution < -0.4 is 5.14 Å². The Morgan fingerprint density at radius 3 is 2.52 bits per heavy atom. The molecule has 0 bridgehead atoms. The van der Waals surface area contributed by atoms with Crippen molar-refractivity contribution in [1.29, 1.82) is 0 Å². The molecule has 2 fully saturated rings. The molecule has 0 unspecified atom stereocenters. The van der Waals surface area contributed by atoms with Crippen LogP contribution in [0.2, 0.25) is 0 Å². The van der Waals surface area contributed by atoms with Crippen LogP contribution in [0.25, 0.3) is 17.0 Å². The van der Waals surface area contributed by atoms with Gasteiger partial charge in [-0.15, -0.1) is 0 Å². The van der Waals surface area contributed by atoms with E-state index < -0.39 is 10.0 Å². The summed E-state index contributed by atoms with van der Waals surface area (Å²) >= 11 is 1.36. The third kappa shape index (κ3) is 4.48. The summed E-state index contributed by atoms with van der Waals surface area (Å²) in [6.07, 6.45) is 9.12. The summed E-state index contributed by atoms with van der Waals surface area (Å²) in [7, 11) is -3.77. The minimum atomic E-state index is -3.77. The van der Waals surface area contributed by atoms with Crippen LogP contribution in [0.5, 0.6) is 0 Å². The second kappa shape index (κ2) is 8.81. The highest BCUT2D eigenvalue weighted by molar-refractivity contribution is 8.18. The molecule has 1 saturated heterocycles. The molecule has 1 aliphatic heterocycles. The molecule has 1 saturated carbocycles. The minimum absolute atomic E-state index is 0.0305. The smallest absolute Gasteiger partial charge is 0.267 e. The number of amides is 1. The van der Waals surface area contributed by atoms with E-state index in [-0.39, 0.29) is 16.8 Å². The summed E-state index contributed by atoms with van der Waals surface area (Å²) in [5, 5.41) is 6.89. The molecule has 5 rings (SSSR count). The number of carbonyl (C=O) groups is 1. The van der Waals surface area contributed by atoms with Crippen molar-refractivity contribution in [1.82, 2.24) is 9.88 Å². The van der Waals surface area contributed by atoms with Gasteiger partial charge in [0.05, 0.1) is 15.5 Å². The quantitative estimate of drug-likeness (QED) is 0.525. The van der Waals surface area contributed by atoms with Crippen molar-refractivity contribution in [3.63, 3.8) is 0 Å². The van der Waals surface area contributed by atoms with Gasteiger partial charge in [0.25, 0.3) is 5.91 Å². The Labute approximate surface area is 196 Å². The van der Waals surface area contributed by atoms with Crippen molar-refractivity contribution in [2.75, 3.05) is 0 Å². The number of aromatic amines is 1. The van der Waals surface area contributed by atoms with E-state index in [1.807, 2.05) is 41.4 Å². The molecule has 0 spiro atoms. The Hall–Kier alpha value is -2.88. The molecule has 1 aliphatic carbocycles. The van der Waals surface area contributed by atoms with Gasteiger partial charge in [-0.05, 0) is 61.0 Å². The van der Waals surface area contributed by atoms with Crippen molar-refractivity contribution in [2.24, 2.45) is 10.1 Å². The molecule has 9 heteroatoms. The van der Waals surface area contributed by atoms with E-state index in [0.717, 1.165) is 42.1 Å². The monoisotopic (exact) mass is 480 g/mol. The fraction of sp³-hybridized carbons (Fsp3) is 0.250. The molecular weight excluding hydrogens is 456 g/mol. The topological polar surface area (TPSA) is 109 Å². The van der Waals surface area contributed by atoms with Gasteiger partial charge < -0.3 is 4.98 Å². The van der Waals surface area contributed by atoms with Gasteiger partial charge in [0.1, 0.15) is 0 Å². The zero-order chi connectivity index (χ0) is 23.0. The molecule has 2 aromatic carbocycles. The third-order valence-electron chi connectivity index (χ3n) is 6.07. The van der Waals surface area contributed by atoms with E-state index in [1.54, 1.807) is 12.1 Å². The first-order valence-corrected chi connectivity index (χ1v) is 13.3. The van der Waals surface area contributed by atoms with E-state index in [9.17, 15) is 13.2 Å². The number of aromatic nitrogens is 1. The number of hydrogen-bond acceptors (Lipinski definition) is 5. The predicted molar refractivity (Wildman–Crippen MR) is 132 cm³/mol. The molecule has 0 radical (unpaired) electrons. The first-order valence-electron chi connectivity index (χ1n) is 10.9. The number of benzene rings is 2. The second-order valence-corrected chi connectivity index (χ2v) is 10.9. The summed E-state index contributed by atoms with van der Waals surface area (Å²) < 4.78 is 23.1. The third-order valence-corrected chi connectivity index (χ3v) is 7.99. The fourth-order valence-electron chi connectivity index (χ4n) is 4.40. The van der Waals surface area contributed by atoms with Gasteiger partial charge in [-0.3, -0.25) is 9.69 Å². The molecule has 0 atom stereocenters. The summed E-state index contributed by atoms with van der Waals surface area (Å²) in [5.41, 5.74) is 2.56. The summed E-state index contributed by atoms with van der Waals surface area (Å²) in [6, 6.07) is 14.2. The molecule has 33 heavy (non-hydrogen) atoms. The number of carbonyl (C=O) groups excluding carboxylic acids is 1. The molecule has 1 amide bonds. The number of para-hydroxylation sites is 1. The summed E-state index contributed by atoms with van der Waals surface area (Å²) in [4.78, 5) is 24.0. The fourth-order valence-corrected chi connectivity index (χ4v) is 5.97. The molecule has 1 aromatic heterocycles. The number of hydrogen-bond donors (Lipinski definition) is 2. The largest absolute Gasteiger partial charge is 0.361 e. The molecule has 170 valence electrons. The van der Waals surface area contributed by atoms with Gasteiger partial charge in [0.15, 0.2) is 5.17 Å². The van der Waals surface area contributed by atoms with Crippen molar-refractivity contribution in [2.45, 2.75) is 43.0 Å². The normalized spacial score (nSPS) is 20.4. The number of fused-ring (bicyclic) bond motifs is 1. The van der Waals surface area contributed by atoms with Gasteiger partial charge in [-0.25, -0.2) is 18.5 Å². The number of nitrogens with zero attached hydrogens (tertiary/aromatic N) is 2. The lowest BCUT2D eigenvalue weighted by Crippen LogP contribution is -2.40. The number of amidine groups is 1. The highest BCUT2D eigenvalue weighted by Crippen LogP contribution is 2.39. The standard InChI is InChI=1S/C24H24N4O3S2/c25-33(30,31)19-12-10-17(11-13-19)27-24-28(18-6-2-1-3-7-18)23(29)22(32-24)14-16-15-26-21-9-5-4-8-20(16)21/h4-5,8-15,18,26H,1-3,6-7H2,(H2,25,30,31)/b22-14?,27-24-. The molecule has 3 N–H and O–H groups in total. The number of H-pyrrole nitrogens is 1. The van der Waals surface area contributed by atoms with Crippen LogP contribution in [0, 0.1) is 0 Å². The van der Waals surface area contributed by atoms with Crippen LogP contribution in [0.4, 0.5) is 5.69 Å². The predicted octanol–water partition coefficient (Wildman–Crippen LogP) is 4.75. The number of aliphatic imine (C=N–C) groups is 1. The van der Waals surface area contributed by atoms with Crippen LogP contribution in [-0.4, -0.2) is 35.4 Å². The lowest BCUT2D eigenvalue weighted by molar-refractivity contribution is -0.124. The number of primary sulfonamides is 1. The van der Waals surface area contributed by atoms with Crippen molar-refractivity contribution < 1.29 is 13.2 Å². The number of rotatable bonds is 4. The average molecular weight is 481 g/mol. The van der Waals surface area contributed by atoms with Gasteiger partial charge >= 0.3 is 0 Å². The Morgan fingerprint density at radius 2 is 1.79 bits per heavy atom. The molecule has 2 aliphatic rings. The maximum Gasteiger partial charge on any atom is 0.267 e. The minimum Gasteiger partial charge on any atom is -0.361 e. The van der Waals surface area contributed by atoms with Gasteiger partial charge in [0.2, 0.25) is 10.0 Å². The zero-order valence-corrected chi connectivity index (χ0v) is 19.5. The second-order valence-electron chi connectivity index (χ2n) is 8.30. The maximum absolute atomic E-state index is 13.5. The van der Waals surface area contributed by atoms with Crippen molar-refractivity contribution >= 4 is 55.5 Å². The van der Waals surface area contributed by atoms with Crippen LogP contribution in [0.1, 0.15) is 37.7 Å². The Bertz CT molecular complexity index is 1370. The molecular formula is C24H24N4O3S2. The van der Waals surface area contributed by atoms with E-state index in [4.69, 9.17) is 10.1 Å². The highest BCUT2D eigenvalue weighted by atomic mass is 32.2. The summed E-state index contributed by atoms with van der Waals surface area (Å²) in [5.74, 6) is -0.0305. The van der Waals surface area contributed by atoms with E-state index in [2.05, 4.69) is 4.98 Å². The Kier molecular flexibility index (Phi) is 5.86. The number of nitrogens with one attached hydrogen (secondary N) is 1. The lowest BCUT2D eigenvalue weighted by Gasteiger charge is -2.30. The molecule has 7 nitrogen and oxygen atoms in total. The number of thioether (sulfide) groups is 1. The zero-order valence-electron chi connectivity index (χ0n) is 17.9. The highest BCUT2D eigenvalue weighted by Gasteiger charge is 2.38. The van der Waals surface area contributed by atoms with E-state index >= 15 is 0 Å². The SMILES string of the molecule is NS(=O)(=O)c1ccc(/N=C2\SC(=Cc3c[nH]c4ccccc34)C(=O)N2C2CCCCC2)cc1. The first kappa shape index (κ1) is 21.9. The van der Waals surface area contributed by atoms with Crippen molar-refractivity contribution in [3.05, 3.63) is 65.2 Å². The maximum atomic E-state index is 13.5. The van der Waals surface area contributed by atoms with Gasteiger partial charge in [-0.1, -0.05) is 37.5 Å². The van der Waals surface area contributed by atoms with E-state index in [0.29, 0.717) is 15.8 Å². The van der Waals surface area contributed by atoms with Crippen LogP contribution in [-0.2, 0) is 14.8 Å². The lowest BCUT2D eigenvalue weighted by atomic mass is 9.94. The Balaban J connectivity index is 1.52.